The van der Waals surface area contributed by atoms with Crippen LogP contribution in [0, 0.1) is 41.4 Å². The van der Waals surface area contributed by atoms with Crippen molar-refractivity contribution in [3.8, 4) is 0 Å². The molecule has 0 radical (unpaired) electrons. The van der Waals surface area contributed by atoms with Gasteiger partial charge in [-0.1, -0.05) is 115 Å². The van der Waals surface area contributed by atoms with E-state index in [1.807, 2.05) is 55.4 Å². The van der Waals surface area contributed by atoms with Gasteiger partial charge in [-0.05, 0) is 124 Å². The molecule has 2 rings (SSSR count). The first kappa shape index (κ1) is 82.9. The van der Waals surface area contributed by atoms with Gasteiger partial charge in [0.15, 0.2) is 0 Å². The minimum absolute atomic E-state index is 0.0475. The highest BCUT2D eigenvalue weighted by atomic mass is 16.4. The van der Waals surface area contributed by atoms with Crippen LogP contribution >= 0.6 is 0 Å². The number of aliphatic hydroxyl groups is 1. The summed E-state index contributed by atoms with van der Waals surface area (Å²) in [6, 6.07) is -6.26. The smallest absolute Gasteiger partial charge is 0.335 e. The van der Waals surface area contributed by atoms with Gasteiger partial charge in [0.25, 0.3) is 0 Å². The van der Waals surface area contributed by atoms with Crippen LogP contribution < -0.4 is 21.3 Å². The molecule has 6 N–H and O–H groups in total. The molecule has 1 aliphatic heterocycles. The Morgan fingerprint density at radius 2 is 0.968 bits per heavy atom. The summed E-state index contributed by atoms with van der Waals surface area (Å²) in [5.41, 5.74) is 0.831. The second-order valence-corrected chi connectivity index (χ2v) is 28.6. The van der Waals surface area contributed by atoms with E-state index in [-0.39, 0.29) is 67.8 Å². The van der Waals surface area contributed by atoms with Crippen LogP contribution in [-0.2, 0) is 59.2 Å². The number of amides is 11. The second-order valence-electron chi connectivity index (χ2n) is 28.6. The fraction of sp³-hybridized carbons (Fsp3) is 0.739. The molecule has 0 spiro atoms. The number of carbonyl (C=O) groups is 12. The topological polar surface area (TPSA) is 316 Å². The Balaban J connectivity index is 3.01. The average Bonchev–Trinajstić information content (AvgIpc) is 0.808. The standard InChI is InChI=1S/C69H117N11O14/c1-24-27-49-64(88)74(17)37-54(81)75(18)50(32-38(2)3)61(85)73-55(42(10)11)67(91)76(19)51(33-39(4)5)60(84)70-45(15)59(83)71-46(16)63(87)77(20)52(34-40(6)7)65(89)78(21)53(35-41(8)9)66(90)79(22)56(43(12)13)68(92)80(23)57(62(86)72-49)58(82)44(14)28-25-29-47-30-26-31-48(36-47)69(93)94/h26,30-31,36,38-46,49-53,55-58,82H,24-25,27-29,32-35,37H2,1-23H3,(H,70,84)(H,71,83)(H,72,86)(H,73,85)(H,93,94)/t44-,45-,46+,49+,50+,51-,52+,53+,55-,56+,57+,58-/m1/s1. The molecule has 11 amide bonds. The number of aryl methyl sites for hydroxylation is 1. The van der Waals surface area contributed by atoms with Crippen LogP contribution in [0.25, 0.3) is 0 Å². The number of carbonyl (C=O) groups excluding carboxylic acids is 11. The normalized spacial score (nSPS) is 25.3. The van der Waals surface area contributed by atoms with Gasteiger partial charge in [-0.2, -0.15) is 0 Å². The summed E-state index contributed by atoms with van der Waals surface area (Å²) in [4.78, 5) is 182. The van der Waals surface area contributed by atoms with Crippen molar-refractivity contribution in [1.82, 2.24) is 55.6 Å². The third kappa shape index (κ3) is 23.3. The molecule has 25 heteroatoms. The second kappa shape index (κ2) is 37.8. The van der Waals surface area contributed by atoms with Crippen LogP contribution in [0.5, 0.6) is 0 Å². The first-order valence-electron chi connectivity index (χ1n) is 33.6. The van der Waals surface area contributed by atoms with Crippen molar-refractivity contribution in [2.75, 3.05) is 55.9 Å². The lowest BCUT2D eigenvalue weighted by atomic mass is 9.89. The summed E-state index contributed by atoms with van der Waals surface area (Å²) in [5.74, 6) is -11.3. The molecule has 1 aromatic rings. The monoisotopic (exact) mass is 1320 g/mol. The fourth-order valence-electron chi connectivity index (χ4n) is 12.1. The van der Waals surface area contributed by atoms with Crippen LogP contribution in [-0.4, -0.2) is 238 Å². The van der Waals surface area contributed by atoms with Gasteiger partial charge >= 0.3 is 5.97 Å². The van der Waals surface area contributed by atoms with Crippen molar-refractivity contribution in [3.63, 3.8) is 0 Å². The number of hydrogen-bond acceptors (Lipinski definition) is 13. The van der Waals surface area contributed by atoms with Gasteiger partial charge in [-0.25, -0.2) is 4.79 Å². The van der Waals surface area contributed by atoms with Crippen molar-refractivity contribution in [2.24, 2.45) is 41.4 Å². The van der Waals surface area contributed by atoms with Crippen molar-refractivity contribution >= 4 is 70.9 Å². The molecule has 1 aliphatic rings. The summed E-state index contributed by atoms with van der Waals surface area (Å²) < 4.78 is 0. The molecule has 1 saturated heterocycles. The number of rotatable bonds is 19. The summed E-state index contributed by atoms with van der Waals surface area (Å²) >= 11 is 0. The summed E-state index contributed by atoms with van der Waals surface area (Å²) in [6.07, 6.45) is 0.444. The summed E-state index contributed by atoms with van der Waals surface area (Å²) in [5, 5.41) is 33.2. The molecule has 0 aliphatic carbocycles. The molecule has 94 heavy (non-hydrogen) atoms. The van der Waals surface area contributed by atoms with E-state index in [1.54, 1.807) is 59.7 Å². The predicted octanol–water partition coefficient (Wildman–Crippen LogP) is 4.41. The number of aromatic carboxylic acids is 1. The van der Waals surface area contributed by atoms with E-state index in [4.69, 9.17) is 0 Å². The maximum atomic E-state index is 15.4. The van der Waals surface area contributed by atoms with Crippen molar-refractivity contribution in [1.29, 1.82) is 0 Å². The summed E-state index contributed by atoms with van der Waals surface area (Å²) in [7, 11) is 9.84. The number of nitrogens with zero attached hydrogens (tertiary/aromatic N) is 7. The Labute approximate surface area is 559 Å². The van der Waals surface area contributed by atoms with Gasteiger partial charge in [-0.3, -0.25) is 52.7 Å². The minimum Gasteiger partial charge on any atom is -0.478 e. The molecule has 1 heterocycles. The van der Waals surface area contributed by atoms with Crippen LogP contribution in [0.3, 0.4) is 0 Å². The van der Waals surface area contributed by atoms with E-state index >= 15 is 19.2 Å². The van der Waals surface area contributed by atoms with Gasteiger partial charge in [-0.15, -0.1) is 0 Å². The largest absolute Gasteiger partial charge is 0.478 e. The first-order chi connectivity index (χ1) is 43.5. The fourth-order valence-corrected chi connectivity index (χ4v) is 12.1. The first-order valence-corrected chi connectivity index (χ1v) is 33.6. The van der Waals surface area contributed by atoms with Crippen LogP contribution in [0.15, 0.2) is 24.3 Å². The number of nitrogens with one attached hydrogen (secondary N) is 4. The zero-order valence-electron chi connectivity index (χ0n) is 60.7. The maximum absolute atomic E-state index is 15.4. The Bertz CT molecular complexity index is 2770. The molecule has 532 valence electrons. The van der Waals surface area contributed by atoms with Gasteiger partial charge in [0.05, 0.1) is 18.2 Å². The van der Waals surface area contributed by atoms with Crippen molar-refractivity contribution in [2.45, 2.75) is 235 Å². The molecule has 12 atom stereocenters. The Morgan fingerprint density at radius 1 is 0.511 bits per heavy atom. The third-order valence-electron chi connectivity index (χ3n) is 17.8. The van der Waals surface area contributed by atoms with E-state index in [0.29, 0.717) is 19.3 Å². The van der Waals surface area contributed by atoms with Gasteiger partial charge in [0.1, 0.15) is 60.4 Å². The molecular weight excluding hydrogens is 1210 g/mol. The highest BCUT2D eigenvalue weighted by Crippen LogP contribution is 2.27. The van der Waals surface area contributed by atoms with Gasteiger partial charge in [0.2, 0.25) is 65.0 Å². The number of carboxylic acids is 1. The lowest BCUT2D eigenvalue weighted by molar-refractivity contribution is -0.157. The Hall–Kier alpha value is -7.18. The zero-order chi connectivity index (χ0) is 72.2. The third-order valence-corrected chi connectivity index (χ3v) is 17.8. The molecular formula is C69H117N11O14. The van der Waals surface area contributed by atoms with E-state index in [2.05, 4.69) is 21.3 Å². The van der Waals surface area contributed by atoms with Crippen LogP contribution in [0.1, 0.15) is 178 Å². The number of carboxylic acid groups (broad SMARTS) is 1. The van der Waals surface area contributed by atoms with E-state index in [1.165, 1.54) is 93.7 Å². The van der Waals surface area contributed by atoms with Crippen molar-refractivity contribution in [3.05, 3.63) is 35.4 Å². The molecule has 1 fully saturated rings. The Morgan fingerprint density at radius 3 is 1.46 bits per heavy atom. The van der Waals surface area contributed by atoms with Crippen molar-refractivity contribution < 1.29 is 67.7 Å². The molecule has 25 nitrogen and oxygen atoms in total. The minimum atomic E-state index is -1.70. The van der Waals surface area contributed by atoms with Crippen LogP contribution in [0.4, 0.5) is 0 Å². The number of benzene rings is 1. The Kier molecular flexibility index (Phi) is 33.3. The van der Waals surface area contributed by atoms with Gasteiger partial charge < -0.3 is 65.8 Å². The highest BCUT2D eigenvalue weighted by Gasteiger charge is 2.46. The number of aliphatic hydroxyl groups excluding tert-OH is 1. The van der Waals surface area contributed by atoms with E-state index < -0.39 is 162 Å². The van der Waals surface area contributed by atoms with Gasteiger partial charge in [0, 0.05) is 49.3 Å². The highest BCUT2D eigenvalue weighted by molar-refractivity contribution is 5.99. The quantitative estimate of drug-likeness (QED) is 0.112. The molecule has 0 bridgehead atoms. The zero-order valence-corrected chi connectivity index (χ0v) is 60.7. The maximum Gasteiger partial charge on any atom is 0.335 e. The molecule has 1 aromatic carbocycles. The average molecular weight is 1320 g/mol. The lowest BCUT2D eigenvalue weighted by Crippen LogP contribution is -2.63. The number of likely N-dealkylation sites (N-methyl/N-ethyl adjacent to an activating group) is 7. The van der Waals surface area contributed by atoms with E-state index in [0.717, 1.165) is 15.4 Å². The summed E-state index contributed by atoms with van der Waals surface area (Å²) in [6.45, 7) is 27.5. The lowest BCUT2D eigenvalue weighted by Gasteiger charge is -2.41. The van der Waals surface area contributed by atoms with E-state index in [9.17, 15) is 48.6 Å². The van der Waals surface area contributed by atoms with Crippen LogP contribution in [0.2, 0.25) is 0 Å². The number of hydrogen-bond donors (Lipinski definition) is 6. The molecule has 0 saturated carbocycles. The molecule has 0 unspecified atom stereocenters. The SMILES string of the molecule is CCC[C@@H]1NC(=O)[C@H]([C@H](O)[C@H](C)CCCc2cccc(C(=O)O)c2)N(C)C(=O)[C@H](C(C)C)N(C)C(=O)[C@H](CC(C)C)N(C)C(=O)[C@H](CC(C)C)N(C)C(=O)[C@H](C)NC(=O)[C@@H](C)NC(=O)[C@@H](CC(C)C)N(C)C(=O)[C@@H](C(C)C)NC(=O)[C@H](CC(C)C)N(C)C(=O)CN(C)C1=O. The predicted molar refractivity (Wildman–Crippen MR) is 360 cm³/mol. The molecule has 0 aromatic heterocycles.